The number of nitrogens with zero attached hydrogens (tertiary/aromatic N) is 3. The number of carbonyl (C=O) groups excluding carboxylic acids is 1. The van der Waals surface area contributed by atoms with Gasteiger partial charge in [0.1, 0.15) is 9.71 Å². The zero-order valence-electron chi connectivity index (χ0n) is 17.0. The highest BCUT2D eigenvalue weighted by atomic mass is 32.1. The number of pyridine rings is 1. The fourth-order valence-corrected chi connectivity index (χ4v) is 4.18. The third kappa shape index (κ3) is 4.13. The Morgan fingerprint density at radius 2 is 1.90 bits per heavy atom. The fourth-order valence-electron chi connectivity index (χ4n) is 3.18. The lowest BCUT2D eigenvalue weighted by molar-refractivity contribution is 0.0954. The van der Waals surface area contributed by atoms with Crippen molar-refractivity contribution in [3.63, 3.8) is 0 Å². The van der Waals surface area contributed by atoms with Gasteiger partial charge < -0.3 is 10.1 Å². The van der Waals surface area contributed by atoms with Gasteiger partial charge in [0.25, 0.3) is 11.5 Å². The van der Waals surface area contributed by atoms with Crippen LogP contribution in [-0.4, -0.2) is 27.0 Å². The van der Waals surface area contributed by atoms with Gasteiger partial charge in [-0.25, -0.2) is 9.78 Å². The number of fused-ring (bicyclic) bond motifs is 1. The Morgan fingerprint density at radius 1 is 1.13 bits per heavy atom. The first kappa shape index (κ1) is 20.5. The van der Waals surface area contributed by atoms with E-state index in [4.69, 9.17) is 4.74 Å². The third-order valence-corrected chi connectivity index (χ3v) is 6.07. The number of nitrogens with one attached hydrogen (secondary N) is 1. The van der Waals surface area contributed by atoms with Gasteiger partial charge in [-0.3, -0.25) is 18.6 Å². The number of aromatic nitrogens is 3. The molecular weight excluding hydrogens is 416 g/mol. The van der Waals surface area contributed by atoms with Crippen molar-refractivity contribution in [2.75, 3.05) is 7.11 Å². The van der Waals surface area contributed by atoms with Crippen LogP contribution in [0.25, 0.3) is 4.83 Å². The lowest BCUT2D eigenvalue weighted by Crippen LogP contribution is -2.38. The minimum Gasteiger partial charge on any atom is -0.481 e. The van der Waals surface area contributed by atoms with Crippen molar-refractivity contribution in [1.29, 1.82) is 0 Å². The van der Waals surface area contributed by atoms with E-state index in [9.17, 15) is 14.4 Å². The smallest absolute Gasteiger partial charge is 0.336 e. The van der Waals surface area contributed by atoms with Crippen LogP contribution in [0.1, 0.15) is 26.4 Å². The first-order valence-electron chi connectivity index (χ1n) is 9.54. The maximum Gasteiger partial charge on any atom is 0.336 e. The number of hydrogen-bond acceptors (Lipinski definition) is 6. The zero-order valence-corrected chi connectivity index (χ0v) is 17.8. The number of hydrogen-bond donors (Lipinski definition) is 1. The molecule has 0 radical (unpaired) electrons. The summed E-state index contributed by atoms with van der Waals surface area (Å²) in [6.45, 7) is 2.11. The minimum atomic E-state index is -0.468. The average Bonchev–Trinajstić information content (AvgIpc) is 3.26. The zero-order chi connectivity index (χ0) is 22.0. The van der Waals surface area contributed by atoms with Crippen molar-refractivity contribution in [2.24, 2.45) is 0 Å². The molecule has 0 atom stereocenters. The van der Waals surface area contributed by atoms with Crippen LogP contribution in [0.4, 0.5) is 0 Å². The Bertz CT molecular complexity index is 1350. The van der Waals surface area contributed by atoms with E-state index >= 15 is 0 Å². The van der Waals surface area contributed by atoms with E-state index in [1.54, 1.807) is 19.2 Å². The van der Waals surface area contributed by atoms with Crippen molar-refractivity contribution in [3.8, 4) is 5.88 Å². The van der Waals surface area contributed by atoms with Crippen molar-refractivity contribution < 1.29 is 9.53 Å². The molecule has 31 heavy (non-hydrogen) atoms. The molecule has 1 amide bonds. The number of benzene rings is 1. The van der Waals surface area contributed by atoms with Crippen LogP contribution in [0.15, 0.2) is 64.4 Å². The third-order valence-electron chi connectivity index (χ3n) is 4.86. The van der Waals surface area contributed by atoms with Crippen LogP contribution < -0.4 is 21.3 Å². The topological polar surface area (TPSA) is 94.7 Å². The summed E-state index contributed by atoms with van der Waals surface area (Å²) in [7, 11) is 1.53. The fraction of sp³-hybridized carbons (Fsp3) is 0.182. The molecule has 4 aromatic rings. The lowest BCUT2D eigenvalue weighted by atomic mass is 10.2. The highest BCUT2D eigenvalue weighted by Gasteiger charge is 2.17. The number of carbonyl (C=O) groups is 1. The van der Waals surface area contributed by atoms with E-state index in [2.05, 4.69) is 10.3 Å². The summed E-state index contributed by atoms with van der Waals surface area (Å²) in [5.41, 5.74) is 1.27. The number of aryl methyl sites for hydroxylation is 1. The van der Waals surface area contributed by atoms with E-state index in [0.717, 1.165) is 22.5 Å². The Morgan fingerprint density at radius 3 is 2.58 bits per heavy atom. The molecular formula is C22H20N4O4S. The maximum atomic E-state index is 13.0. The minimum absolute atomic E-state index is 0.171. The van der Waals surface area contributed by atoms with Crippen molar-refractivity contribution >= 4 is 22.1 Å². The quantitative estimate of drug-likeness (QED) is 0.500. The van der Waals surface area contributed by atoms with Crippen molar-refractivity contribution in [1.82, 2.24) is 19.3 Å². The molecule has 4 rings (SSSR count). The number of amides is 1. The second-order valence-electron chi connectivity index (χ2n) is 6.95. The summed E-state index contributed by atoms with van der Waals surface area (Å²) in [6, 6.07) is 12.8. The normalized spacial score (nSPS) is 10.9. The van der Waals surface area contributed by atoms with Gasteiger partial charge in [-0.2, -0.15) is 0 Å². The number of thiazole rings is 1. The Kier molecular flexibility index (Phi) is 5.68. The Labute approximate surface area is 181 Å². The number of methoxy groups -OCH3 is 1. The van der Waals surface area contributed by atoms with Gasteiger partial charge in [0.05, 0.1) is 13.7 Å². The summed E-state index contributed by atoms with van der Waals surface area (Å²) in [4.78, 5) is 43.3. The first-order valence-corrected chi connectivity index (χ1v) is 10.4. The summed E-state index contributed by atoms with van der Waals surface area (Å²) < 4.78 is 7.58. The molecule has 0 unspecified atom stereocenters. The molecule has 0 aliphatic carbocycles. The molecule has 0 spiro atoms. The van der Waals surface area contributed by atoms with Gasteiger partial charge in [0, 0.05) is 30.6 Å². The first-order chi connectivity index (χ1) is 15.0. The highest BCUT2D eigenvalue weighted by Crippen LogP contribution is 2.18. The second-order valence-corrected chi connectivity index (χ2v) is 7.98. The van der Waals surface area contributed by atoms with Crippen LogP contribution in [0.3, 0.4) is 0 Å². The van der Waals surface area contributed by atoms with Crippen LogP contribution in [0.5, 0.6) is 5.88 Å². The Balaban J connectivity index is 1.61. The Hall–Kier alpha value is -3.72. The van der Waals surface area contributed by atoms with Crippen LogP contribution >= 0.6 is 11.3 Å². The standard InChI is InChI=1S/C22H20N4O4S/c1-14-20(28)25(12-15-6-4-3-5-7-15)22(29)26-13-17(31-21(14)26)19(27)24-11-16-8-9-18(30-2)23-10-16/h3-10,13H,11-12H2,1-2H3,(H,24,27). The molecule has 0 aliphatic rings. The van der Waals surface area contributed by atoms with E-state index in [0.29, 0.717) is 21.2 Å². The van der Waals surface area contributed by atoms with Gasteiger partial charge in [-0.05, 0) is 18.1 Å². The molecule has 3 heterocycles. The predicted molar refractivity (Wildman–Crippen MR) is 118 cm³/mol. The number of ether oxygens (including phenoxy) is 1. The second kappa shape index (κ2) is 8.57. The van der Waals surface area contributed by atoms with E-state index < -0.39 is 5.69 Å². The summed E-state index contributed by atoms with van der Waals surface area (Å²) in [5.74, 6) is 0.164. The molecule has 0 aliphatic heterocycles. The van der Waals surface area contributed by atoms with Crippen LogP contribution in [0.2, 0.25) is 0 Å². The molecule has 1 N–H and O–H groups in total. The predicted octanol–water partition coefficient (Wildman–Crippen LogP) is 2.21. The molecule has 3 aromatic heterocycles. The summed E-state index contributed by atoms with van der Waals surface area (Å²) in [6.07, 6.45) is 3.10. The van der Waals surface area contributed by atoms with E-state index in [1.165, 1.54) is 22.3 Å². The van der Waals surface area contributed by atoms with Crippen LogP contribution in [0, 0.1) is 6.92 Å². The SMILES string of the molecule is COc1ccc(CNC(=O)c2cn3c(=O)n(Cc4ccccc4)c(=O)c(C)c3s2)cn1. The molecule has 1 aromatic carbocycles. The number of rotatable bonds is 6. The van der Waals surface area contributed by atoms with Gasteiger partial charge in [0.15, 0.2) is 0 Å². The molecule has 0 saturated carbocycles. The molecule has 0 saturated heterocycles. The lowest BCUT2D eigenvalue weighted by Gasteiger charge is -2.07. The largest absolute Gasteiger partial charge is 0.481 e. The molecule has 9 heteroatoms. The van der Waals surface area contributed by atoms with Gasteiger partial charge >= 0.3 is 5.69 Å². The van der Waals surface area contributed by atoms with Crippen molar-refractivity contribution in [2.45, 2.75) is 20.0 Å². The van der Waals surface area contributed by atoms with Crippen LogP contribution in [-0.2, 0) is 13.1 Å². The summed E-state index contributed by atoms with van der Waals surface area (Å²) in [5, 5.41) is 2.81. The molecule has 8 nitrogen and oxygen atoms in total. The van der Waals surface area contributed by atoms with Gasteiger partial charge in [-0.1, -0.05) is 36.4 Å². The van der Waals surface area contributed by atoms with Crippen molar-refractivity contribution in [3.05, 3.63) is 97.3 Å². The molecule has 0 fully saturated rings. The summed E-state index contributed by atoms with van der Waals surface area (Å²) >= 11 is 1.12. The molecule has 158 valence electrons. The maximum absolute atomic E-state index is 13.0. The van der Waals surface area contributed by atoms with E-state index in [-0.39, 0.29) is 24.6 Å². The highest BCUT2D eigenvalue weighted by molar-refractivity contribution is 7.19. The van der Waals surface area contributed by atoms with E-state index in [1.807, 2.05) is 36.4 Å². The van der Waals surface area contributed by atoms with Gasteiger partial charge in [-0.15, -0.1) is 11.3 Å². The average molecular weight is 436 g/mol. The monoisotopic (exact) mass is 436 g/mol. The molecule has 0 bridgehead atoms. The van der Waals surface area contributed by atoms with Gasteiger partial charge in [0.2, 0.25) is 5.88 Å².